The lowest BCUT2D eigenvalue weighted by atomic mass is 10.2. The second-order valence-corrected chi connectivity index (χ2v) is 7.49. The molecule has 1 aromatic heterocycles. The molecule has 28 heavy (non-hydrogen) atoms. The number of rotatable bonds is 6. The Kier molecular flexibility index (Phi) is 6.74. The van der Waals surface area contributed by atoms with Crippen molar-refractivity contribution in [2.75, 3.05) is 43.5 Å². The van der Waals surface area contributed by atoms with Gasteiger partial charge >= 0.3 is 0 Å². The van der Waals surface area contributed by atoms with E-state index in [0.717, 1.165) is 43.4 Å². The Balaban J connectivity index is 1.63. The fraction of sp³-hybridized carbons (Fsp3) is 0.455. The topological polar surface area (TPSA) is 55.8 Å². The number of hydrogen-bond donors (Lipinski definition) is 2. The molecule has 2 aromatic rings. The largest absolute Gasteiger partial charge is 0.369 e. The minimum atomic E-state index is 0.390. The van der Waals surface area contributed by atoms with Crippen molar-refractivity contribution in [2.45, 2.75) is 32.9 Å². The van der Waals surface area contributed by atoms with Crippen LogP contribution in [0, 0.1) is 6.92 Å². The van der Waals surface area contributed by atoms with Gasteiger partial charge in [0.15, 0.2) is 5.96 Å². The van der Waals surface area contributed by atoms with Gasteiger partial charge in [0.25, 0.3) is 0 Å². The van der Waals surface area contributed by atoms with E-state index in [0.29, 0.717) is 12.6 Å². The van der Waals surface area contributed by atoms with Gasteiger partial charge in [0.1, 0.15) is 5.82 Å². The average Bonchev–Trinajstić information content (AvgIpc) is 3.15. The summed E-state index contributed by atoms with van der Waals surface area (Å²) in [6, 6.07) is 13.2. The molecule has 1 saturated heterocycles. The zero-order valence-electron chi connectivity index (χ0n) is 17.4. The van der Waals surface area contributed by atoms with E-state index < -0.39 is 0 Å². The van der Waals surface area contributed by atoms with Gasteiger partial charge in [-0.15, -0.1) is 0 Å². The van der Waals surface area contributed by atoms with Crippen molar-refractivity contribution in [1.82, 2.24) is 15.6 Å². The Morgan fingerprint density at radius 3 is 2.75 bits per heavy atom. The smallest absolute Gasteiger partial charge is 0.191 e. The molecule has 0 radical (unpaired) electrons. The van der Waals surface area contributed by atoms with Gasteiger partial charge in [0.2, 0.25) is 0 Å². The third-order valence-electron chi connectivity index (χ3n) is 4.97. The minimum absolute atomic E-state index is 0.390. The van der Waals surface area contributed by atoms with Gasteiger partial charge in [-0.1, -0.05) is 23.8 Å². The summed E-state index contributed by atoms with van der Waals surface area (Å²) < 4.78 is 0. The normalized spacial score (nSPS) is 16.9. The van der Waals surface area contributed by atoms with Gasteiger partial charge in [-0.05, 0) is 38.5 Å². The maximum atomic E-state index is 4.81. The molecule has 0 aliphatic carbocycles. The summed E-state index contributed by atoms with van der Waals surface area (Å²) in [6.07, 6.45) is 2.93. The molecule has 1 aromatic carbocycles. The quantitative estimate of drug-likeness (QED) is 0.596. The van der Waals surface area contributed by atoms with E-state index in [1.165, 1.54) is 11.3 Å². The highest BCUT2D eigenvalue weighted by Gasteiger charge is 2.23. The van der Waals surface area contributed by atoms with Crippen LogP contribution < -0.4 is 20.4 Å². The Bertz CT molecular complexity index is 784. The van der Waals surface area contributed by atoms with Crippen LogP contribution in [0.3, 0.4) is 0 Å². The Morgan fingerprint density at radius 2 is 2.04 bits per heavy atom. The van der Waals surface area contributed by atoms with Crippen molar-refractivity contribution in [3.8, 4) is 0 Å². The highest BCUT2D eigenvalue weighted by atomic mass is 15.2. The second-order valence-electron chi connectivity index (χ2n) is 7.49. The molecule has 2 N–H and O–H groups in total. The van der Waals surface area contributed by atoms with E-state index in [2.05, 4.69) is 64.7 Å². The SMILES string of the molecule is CCNC(=NCc1cccnc1N(C)C)NC1CCN(c2ccc(C)cc2)C1. The lowest BCUT2D eigenvalue weighted by Crippen LogP contribution is -2.44. The van der Waals surface area contributed by atoms with Crippen LogP contribution in [0.4, 0.5) is 11.5 Å². The summed E-state index contributed by atoms with van der Waals surface area (Å²) in [6.45, 7) is 7.72. The van der Waals surface area contributed by atoms with Crippen LogP contribution in [0.2, 0.25) is 0 Å². The monoisotopic (exact) mass is 380 g/mol. The predicted molar refractivity (Wildman–Crippen MR) is 118 cm³/mol. The summed E-state index contributed by atoms with van der Waals surface area (Å²) in [5.74, 6) is 1.83. The number of aliphatic imine (C=N–C) groups is 1. The zero-order chi connectivity index (χ0) is 19.9. The summed E-state index contributed by atoms with van der Waals surface area (Å²) >= 11 is 0. The third-order valence-corrected chi connectivity index (χ3v) is 4.97. The maximum Gasteiger partial charge on any atom is 0.191 e. The molecule has 1 fully saturated rings. The standard InChI is InChI=1S/C22H32N6/c1-5-23-22(25-15-18-7-6-13-24-21(18)27(3)4)26-19-12-14-28(16-19)20-10-8-17(2)9-11-20/h6-11,13,19H,5,12,14-16H2,1-4H3,(H2,23,25,26). The number of aromatic nitrogens is 1. The van der Waals surface area contributed by atoms with Crippen LogP contribution in [0.1, 0.15) is 24.5 Å². The average molecular weight is 381 g/mol. The van der Waals surface area contributed by atoms with E-state index in [4.69, 9.17) is 4.99 Å². The molecule has 1 unspecified atom stereocenters. The van der Waals surface area contributed by atoms with Crippen LogP contribution in [0.25, 0.3) is 0 Å². The molecule has 0 saturated carbocycles. The van der Waals surface area contributed by atoms with Gasteiger partial charge in [-0.3, -0.25) is 0 Å². The van der Waals surface area contributed by atoms with Crippen LogP contribution >= 0.6 is 0 Å². The van der Waals surface area contributed by atoms with Gasteiger partial charge in [0.05, 0.1) is 6.54 Å². The number of benzene rings is 1. The number of hydrogen-bond acceptors (Lipinski definition) is 4. The molecular formula is C22H32N6. The Hall–Kier alpha value is -2.76. The zero-order valence-corrected chi connectivity index (χ0v) is 17.4. The van der Waals surface area contributed by atoms with Crippen molar-refractivity contribution in [3.05, 3.63) is 53.7 Å². The van der Waals surface area contributed by atoms with Gasteiger partial charge in [-0.25, -0.2) is 9.98 Å². The third kappa shape index (κ3) is 5.15. The summed E-state index contributed by atoms with van der Waals surface area (Å²) in [5, 5.41) is 6.99. The molecule has 1 aliphatic heterocycles. The summed E-state index contributed by atoms with van der Waals surface area (Å²) in [5.41, 5.74) is 3.71. The molecule has 0 amide bonds. The fourth-order valence-electron chi connectivity index (χ4n) is 3.50. The number of guanidine groups is 1. The number of nitrogens with one attached hydrogen (secondary N) is 2. The fourth-order valence-corrected chi connectivity index (χ4v) is 3.50. The van der Waals surface area contributed by atoms with Crippen molar-refractivity contribution in [2.24, 2.45) is 4.99 Å². The lowest BCUT2D eigenvalue weighted by molar-refractivity contribution is 0.649. The van der Waals surface area contributed by atoms with Gasteiger partial charge < -0.3 is 20.4 Å². The Labute approximate surface area is 168 Å². The molecule has 1 atom stereocenters. The molecular weight excluding hydrogens is 348 g/mol. The number of nitrogens with zero attached hydrogens (tertiary/aromatic N) is 4. The van der Waals surface area contributed by atoms with Crippen molar-refractivity contribution in [1.29, 1.82) is 0 Å². The maximum absolute atomic E-state index is 4.81. The first-order chi connectivity index (χ1) is 13.6. The van der Waals surface area contributed by atoms with Crippen LogP contribution in [0.5, 0.6) is 0 Å². The van der Waals surface area contributed by atoms with Crippen molar-refractivity contribution >= 4 is 17.5 Å². The molecule has 2 heterocycles. The predicted octanol–water partition coefficient (Wildman–Crippen LogP) is 2.79. The molecule has 0 bridgehead atoms. The number of pyridine rings is 1. The second kappa shape index (κ2) is 9.44. The molecule has 150 valence electrons. The molecule has 1 aliphatic rings. The summed E-state index contributed by atoms with van der Waals surface area (Å²) in [4.78, 5) is 13.7. The van der Waals surface area contributed by atoms with Gasteiger partial charge in [0, 0.05) is 57.2 Å². The van der Waals surface area contributed by atoms with Crippen molar-refractivity contribution in [3.63, 3.8) is 0 Å². The molecule has 0 spiro atoms. The van der Waals surface area contributed by atoms with E-state index in [1.54, 1.807) is 0 Å². The van der Waals surface area contributed by atoms with Crippen LogP contribution in [-0.4, -0.2) is 50.7 Å². The molecule has 3 rings (SSSR count). The van der Waals surface area contributed by atoms with E-state index in [1.807, 2.05) is 31.3 Å². The highest BCUT2D eigenvalue weighted by Crippen LogP contribution is 2.21. The lowest BCUT2D eigenvalue weighted by Gasteiger charge is -2.21. The first-order valence-electron chi connectivity index (χ1n) is 10.0. The minimum Gasteiger partial charge on any atom is -0.369 e. The highest BCUT2D eigenvalue weighted by molar-refractivity contribution is 5.80. The molecule has 6 nitrogen and oxygen atoms in total. The van der Waals surface area contributed by atoms with Crippen molar-refractivity contribution < 1.29 is 0 Å². The first kappa shape index (κ1) is 20.0. The first-order valence-corrected chi connectivity index (χ1v) is 10.0. The molecule has 6 heteroatoms. The van der Waals surface area contributed by atoms with E-state index in [-0.39, 0.29) is 0 Å². The summed E-state index contributed by atoms with van der Waals surface area (Å²) in [7, 11) is 4.02. The van der Waals surface area contributed by atoms with Gasteiger partial charge in [-0.2, -0.15) is 0 Å². The van der Waals surface area contributed by atoms with Crippen LogP contribution in [0.15, 0.2) is 47.6 Å². The Morgan fingerprint density at radius 1 is 1.25 bits per heavy atom. The van der Waals surface area contributed by atoms with E-state index in [9.17, 15) is 0 Å². The number of aryl methyl sites for hydroxylation is 1. The van der Waals surface area contributed by atoms with Crippen LogP contribution in [-0.2, 0) is 6.54 Å². The number of anilines is 2. The van der Waals surface area contributed by atoms with E-state index >= 15 is 0 Å².